The highest BCUT2D eigenvalue weighted by Crippen LogP contribution is 2.24. The van der Waals surface area contributed by atoms with Gasteiger partial charge in [0, 0.05) is 24.2 Å². The zero-order valence-electron chi connectivity index (χ0n) is 19.1. The van der Waals surface area contributed by atoms with Crippen LogP contribution in [0.15, 0.2) is 58.3 Å². The second kappa shape index (κ2) is 10.2. The summed E-state index contributed by atoms with van der Waals surface area (Å²) >= 11 is 5.88. The van der Waals surface area contributed by atoms with Gasteiger partial charge in [0.25, 0.3) is 5.91 Å². The fourth-order valence-electron chi connectivity index (χ4n) is 3.50. The van der Waals surface area contributed by atoms with E-state index in [0.29, 0.717) is 23.6 Å². The molecular formula is C22H28ClN3O6S2. The first-order chi connectivity index (χ1) is 15.8. The zero-order valence-corrected chi connectivity index (χ0v) is 21.5. The van der Waals surface area contributed by atoms with Crippen LogP contribution in [0.25, 0.3) is 0 Å². The number of carbonyl (C=O) groups excluding carboxylic acids is 1. The molecule has 1 fully saturated rings. The minimum absolute atomic E-state index is 0.0150. The van der Waals surface area contributed by atoms with Crippen molar-refractivity contribution < 1.29 is 26.4 Å². The molecule has 3 rings (SSSR count). The second-order valence-electron chi connectivity index (χ2n) is 8.40. The van der Waals surface area contributed by atoms with E-state index in [1.54, 1.807) is 38.1 Å². The summed E-state index contributed by atoms with van der Waals surface area (Å²) in [5, 5.41) is 3.51. The summed E-state index contributed by atoms with van der Waals surface area (Å²) in [6, 6.07) is 11.6. The molecule has 0 atom stereocenters. The van der Waals surface area contributed by atoms with Gasteiger partial charge in [0.2, 0.25) is 20.0 Å². The van der Waals surface area contributed by atoms with Crippen molar-refractivity contribution in [3.63, 3.8) is 0 Å². The standard InChI is InChI=1S/C22H28ClN3O6S2/c1-22(2,32-18-6-4-16(23)5-7-18)21(27)25-17-12-14-26(15-13-17)34(30,31)20-10-8-19(9-11-20)33(28,29)24-3/h4-11,17,24H,12-15H2,1-3H3,(H,25,27). The van der Waals surface area contributed by atoms with Crippen molar-refractivity contribution in [2.24, 2.45) is 0 Å². The fraction of sp³-hybridized carbons (Fsp3) is 0.409. The van der Waals surface area contributed by atoms with E-state index in [2.05, 4.69) is 10.0 Å². The van der Waals surface area contributed by atoms with Crippen LogP contribution < -0.4 is 14.8 Å². The van der Waals surface area contributed by atoms with Crippen molar-refractivity contribution in [1.29, 1.82) is 0 Å². The Morgan fingerprint density at radius 1 is 0.971 bits per heavy atom. The average molecular weight is 530 g/mol. The molecule has 0 aliphatic carbocycles. The maximum atomic E-state index is 13.0. The van der Waals surface area contributed by atoms with Gasteiger partial charge in [-0.25, -0.2) is 21.6 Å². The topological polar surface area (TPSA) is 122 Å². The van der Waals surface area contributed by atoms with Crippen LogP contribution >= 0.6 is 11.6 Å². The van der Waals surface area contributed by atoms with Crippen LogP contribution in [0, 0.1) is 0 Å². The van der Waals surface area contributed by atoms with Crippen molar-refractivity contribution in [1.82, 2.24) is 14.3 Å². The number of carbonyl (C=O) groups is 1. The lowest BCUT2D eigenvalue weighted by Gasteiger charge is -2.34. The first kappa shape index (κ1) is 26.4. The average Bonchev–Trinajstić information content (AvgIpc) is 2.81. The largest absolute Gasteiger partial charge is 0.478 e. The SMILES string of the molecule is CNS(=O)(=O)c1ccc(S(=O)(=O)N2CCC(NC(=O)C(C)(C)Oc3ccc(Cl)cc3)CC2)cc1. The van der Waals surface area contributed by atoms with E-state index in [4.69, 9.17) is 16.3 Å². The van der Waals surface area contributed by atoms with E-state index in [1.165, 1.54) is 35.6 Å². The van der Waals surface area contributed by atoms with Crippen LogP contribution in [-0.4, -0.2) is 58.8 Å². The molecule has 2 aromatic carbocycles. The molecule has 0 radical (unpaired) electrons. The van der Waals surface area contributed by atoms with Crippen molar-refractivity contribution in [3.05, 3.63) is 53.6 Å². The van der Waals surface area contributed by atoms with Gasteiger partial charge in [-0.2, -0.15) is 4.31 Å². The van der Waals surface area contributed by atoms with Crippen LogP contribution in [0.4, 0.5) is 0 Å². The fourth-order valence-corrected chi connectivity index (χ4v) is 5.83. The number of hydrogen-bond acceptors (Lipinski definition) is 6. The van der Waals surface area contributed by atoms with E-state index in [0.717, 1.165) is 0 Å². The molecule has 0 unspecified atom stereocenters. The number of nitrogens with zero attached hydrogens (tertiary/aromatic N) is 1. The highest BCUT2D eigenvalue weighted by Gasteiger charge is 2.34. The quantitative estimate of drug-likeness (QED) is 0.541. The summed E-state index contributed by atoms with van der Waals surface area (Å²) in [5.74, 6) is 0.212. The summed E-state index contributed by atoms with van der Waals surface area (Å²) in [6.07, 6.45) is 0.877. The molecule has 34 heavy (non-hydrogen) atoms. The third kappa shape index (κ3) is 6.08. The number of ether oxygens (including phenoxy) is 1. The Morgan fingerprint density at radius 3 is 2.03 bits per heavy atom. The van der Waals surface area contributed by atoms with Gasteiger partial charge in [0.05, 0.1) is 9.79 Å². The number of amides is 1. The zero-order chi connectivity index (χ0) is 25.1. The Hall–Kier alpha value is -2.18. The summed E-state index contributed by atoms with van der Waals surface area (Å²) < 4.78 is 59.0. The molecule has 2 N–H and O–H groups in total. The summed E-state index contributed by atoms with van der Waals surface area (Å²) in [5.41, 5.74) is -1.13. The maximum Gasteiger partial charge on any atom is 0.263 e. The van der Waals surface area contributed by atoms with Crippen molar-refractivity contribution in [2.75, 3.05) is 20.1 Å². The first-order valence-corrected chi connectivity index (χ1v) is 13.9. The molecular weight excluding hydrogens is 502 g/mol. The first-order valence-electron chi connectivity index (χ1n) is 10.6. The minimum Gasteiger partial charge on any atom is -0.478 e. The highest BCUT2D eigenvalue weighted by molar-refractivity contribution is 7.89. The molecule has 0 spiro atoms. The van der Waals surface area contributed by atoms with Crippen LogP contribution in [-0.2, 0) is 24.8 Å². The number of hydrogen-bond donors (Lipinski definition) is 2. The predicted octanol–water partition coefficient (Wildman–Crippen LogP) is 2.38. The van der Waals surface area contributed by atoms with Crippen molar-refractivity contribution >= 4 is 37.6 Å². The minimum atomic E-state index is -3.79. The molecule has 9 nitrogen and oxygen atoms in total. The summed E-state index contributed by atoms with van der Waals surface area (Å²) in [7, 11) is -6.15. The summed E-state index contributed by atoms with van der Waals surface area (Å²) in [4.78, 5) is 12.8. The number of benzene rings is 2. The molecule has 1 saturated heterocycles. The second-order valence-corrected chi connectivity index (χ2v) is 12.7. The molecule has 0 saturated carbocycles. The Labute approximate surface area is 205 Å². The molecule has 12 heteroatoms. The highest BCUT2D eigenvalue weighted by atomic mass is 35.5. The molecule has 0 bridgehead atoms. The number of nitrogens with one attached hydrogen (secondary N) is 2. The van der Waals surface area contributed by atoms with Gasteiger partial charge in [-0.15, -0.1) is 0 Å². The van der Waals surface area contributed by atoms with E-state index < -0.39 is 25.6 Å². The Kier molecular flexibility index (Phi) is 7.93. The Bertz CT molecular complexity index is 1220. The third-order valence-corrected chi connectivity index (χ3v) is 9.16. The number of sulfonamides is 2. The molecule has 1 heterocycles. The van der Waals surface area contributed by atoms with E-state index in [1.807, 2.05) is 0 Å². The van der Waals surface area contributed by atoms with Crippen LogP contribution in [0.3, 0.4) is 0 Å². The molecule has 2 aromatic rings. The van der Waals surface area contributed by atoms with Crippen molar-refractivity contribution in [2.45, 2.75) is 48.1 Å². The lowest BCUT2D eigenvalue weighted by Crippen LogP contribution is -2.53. The summed E-state index contributed by atoms with van der Waals surface area (Å²) in [6.45, 7) is 3.77. The Balaban J connectivity index is 1.58. The lowest BCUT2D eigenvalue weighted by molar-refractivity contribution is -0.135. The molecule has 1 amide bonds. The third-order valence-electron chi connectivity index (χ3n) is 5.56. The lowest BCUT2D eigenvalue weighted by atomic mass is 10.0. The van der Waals surface area contributed by atoms with Gasteiger partial charge < -0.3 is 10.1 Å². The van der Waals surface area contributed by atoms with E-state index in [-0.39, 0.29) is 34.8 Å². The predicted molar refractivity (Wildman–Crippen MR) is 129 cm³/mol. The maximum absolute atomic E-state index is 13.0. The normalized spacial score (nSPS) is 16.2. The van der Waals surface area contributed by atoms with E-state index in [9.17, 15) is 21.6 Å². The van der Waals surface area contributed by atoms with Gasteiger partial charge >= 0.3 is 0 Å². The van der Waals surface area contributed by atoms with Gasteiger partial charge in [-0.3, -0.25) is 4.79 Å². The number of halogens is 1. The van der Waals surface area contributed by atoms with Crippen molar-refractivity contribution in [3.8, 4) is 5.75 Å². The molecule has 1 aliphatic rings. The van der Waals surface area contributed by atoms with Gasteiger partial charge in [0.1, 0.15) is 5.75 Å². The monoisotopic (exact) mass is 529 g/mol. The van der Waals surface area contributed by atoms with Gasteiger partial charge in [0.15, 0.2) is 5.60 Å². The number of piperidine rings is 1. The van der Waals surface area contributed by atoms with E-state index >= 15 is 0 Å². The molecule has 1 aliphatic heterocycles. The van der Waals surface area contributed by atoms with Crippen LogP contribution in [0.2, 0.25) is 5.02 Å². The van der Waals surface area contributed by atoms with Crippen LogP contribution in [0.5, 0.6) is 5.75 Å². The molecule has 0 aromatic heterocycles. The molecule has 186 valence electrons. The Morgan fingerprint density at radius 2 is 1.50 bits per heavy atom. The smallest absolute Gasteiger partial charge is 0.263 e. The van der Waals surface area contributed by atoms with Crippen LogP contribution in [0.1, 0.15) is 26.7 Å². The number of rotatable bonds is 8. The van der Waals surface area contributed by atoms with Gasteiger partial charge in [-0.1, -0.05) is 11.6 Å². The van der Waals surface area contributed by atoms with Gasteiger partial charge in [-0.05, 0) is 82.3 Å².